The highest BCUT2D eigenvalue weighted by molar-refractivity contribution is 14.1. The fraction of sp³-hybridized carbons (Fsp3) is 0.143. The number of hydrogen-bond donors (Lipinski definition) is 1. The second kappa shape index (κ2) is 5.67. The van der Waals surface area contributed by atoms with Gasteiger partial charge in [0.2, 0.25) is 0 Å². The molecule has 2 N–H and O–H groups in total. The maximum absolute atomic E-state index is 14.1. The van der Waals surface area contributed by atoms with Crippen molar-refractivity contribution in [3.8, 4) is 5.75 Å². The molecule has 0 aliphatic carbocycles. The van der Waals surface area contributed by atoms with Crippen LogP contribution in [0.1, 0.15) is 17.2 Å². The van der Waals surface area contributed by atoms with Gasteiger partial charge in [0, 0.05) is 9.13 Å². The highest BCUT2D eigenvalue weighted by Crippen LogP contribution is 2.28. The third-order valence-electron chi connectivity index (χ3n) is 2.76. The van der Waals surface area contributed by atoms with E-state index in [2.05, 4.69) is 22.6 Å². The maximum atomic E-state index is 14.1. The zero-order chi connectivity index (χ0) is 13.1. The first-order valence-corrected chi connectivity index (χ1v) is 6.55. The Kier molecular flexibility index (Phi) is 4.19. The highest BCUT2D eigenvalue weighted by Gasteiger charge is 2.16. The van der Waals surface area contributed by atoms with E-state index in [1.54, 1.807) is 18.2 Å². The van der Waals surface area contributed by atoms with Crippen molar-refractivity contribution in [2.75, 3.05) is 7.11 Å². The van der Waals surface area contributed by atoms with Crippen molar-refractivity contribution in [3.63, 3.8) is 0 Å². The van der Waals surface area contributed by atoms with Gasteiger partial charge in [-0.05, 0) is 46.4 Å². The lowest BCUT2D eigenvalue weighted by atomic mass is 9.99. The fourth-order valence-corrected chi connectivity index (χ4v) is 2.37. The van der Waals surface area contributed by atoms with Gasteiger partial charge >= 0.3 is 0 Å². The van der Waals surface area contributed by atoms with Crippen LogP contribution in [-0.4, -0.2) is 7.11 Å². The molecule has 2 nitrogen and oxygen atoms in total. The molecule has 94 valence electrons. The molecular weight excluding hydrogens is 344 g/mol. The molecule has 1 atom stereocenters. The molecule has 2 aromatic rings. The maximum Gasteiger partial charge on any atom is 0.170 e. The van der Waals surface area contributed by atoms with Crippen LogP contribution in [0, 0.1) is 9.39 Å². The molecule has 2 rings (SSSR count). The van der Waals surface area contributed by atoms with E-state index in [1.807, 2.05) is 24.3 Å². The van der Waals surface area contributed by atoms with Gasteiger partial charge in [0.25, 0.3) is 0 Å². The summed E-state index contributed by atoms with van der Waals surface area (Å²) < 4.78 is 20.1. The minimum atomic E-state index is -0.491. The predicted octanol–water partition coefficient (Wildman–Crippen LogP) is 3.49. The van der Waals surface area contributed by atoms with Crippen molar-refractivity contribution in [3.05, 3.63) is 63.0 Å². The summed E-state index contributed by atoms with van der Waals surface area (Å²) in [6, 6.07) is 12.2. The van der Waals surface area contributed by atoms with Gasteiger partial charge in [0.05, 0.1) is 13.2 Å². The minimum absolute atomic E-state index is 0.216. The predicted molar refractivity (Wildman–Crippen MR) is 78.1 cm³/mol. The van der Waals surface area contributed by atoms with E-state index in [-0.39, 0.29) is 5.75 Å². The van der Waals surface area contributed by atoms with Crippen molar-refractivity contribution in [1.82, 2.24) is 0 Å². The molecule has 0 heterocycles. The minimum Gasteiger partial charge on any atom is -0.494 e. The largest absolute Gasteiger partial charge is 0.494 e. The third-order valence-corrected chi connectivity index (χ3v) is 3.43. The van der Waals surface area contributed by atoms with Crippen LogP contribution < -0.4 is 10.5 Å². The van der Waals surface area contributed by atoms with Crippen LogP contribution in [0.25, 0.3) is 0 Å². The smallest absolute Gasteiger partial charge is 0.170 e. The van der Waals surface area contributed by atoms with Gasteiger partial charge in [-0.2, -0.15) is 0 Å². The van der Waals surface area contributed by atoms with E-state index in [0.717, 1.165) is 9.13 Å². The first-order valence-electron chi connectivity index (χ1n) is 5.47. The van der Waals surface area contributed by atoms with E-state index >= 15 is 0 Å². The van der Waals surface area contributed by atoms with E-state index in [9.17, 15) is 4.39 Å². The number of halogens is 2. The average Bonchev–Trinajstić information content (AvgIpc) is 2.38. The Morgan fingerprint density at radius 3 is 2.61 bits per heavy atom. The van der Waals surface area contributed by atoms with E-state index in [4.69, 9.17) is 10.5 Å². The lowest BCUT2D eigenvalue weighted by molar-refractivity contribution is 0.383. The topological polar surface area (TPSA) is 35.2 Å². The molecular formula is C14H13FINO. The number of nitrogens with two attached hydrogens (primary N) is 1. The Labute approximate surface area is 119 Å². The molecule has 0 saturated heterocycles. The summed E-state index contributed by atoms with van der Waals surface area (Å²) in [5.74, 6) is -0.181. The van der Waals surface area contributed by atoms with Crippen LogP contribution in [0.2, 0.25) is 0 Å². The first kappa shape index (κ1) is 13.3. The van der Waals surface area contributed by atoms with E-state index in [1.165, 1.54) is 7.11 Å². The lowest BCUT2D eigenvalue weighted by Crippen LogP contribution is -2.14. The summed E-state index contributed by atoms with van der Waals surface area (Å²) in [7, 11) is 1.44. The van der Waals surface area contributed by atoms with Gasteiger partial charge in [0.15, 0.2) is 11.6 Å². The van der Waals surface area contributed by atoms with Crippen molar-refractivity contribution in [1.29, 1.82) is 0 Å². The zero-order valence-electron chi connectivity index (χ0n) is 9.86. The summed E-state index contributed by atoms with van der Waals surface area (Å²) in [5.41, 5.74) is 7.44. The van der Waals surface area contributed by atoms with Crippen LogP contribution in [0.5, 0.6) is 5.75 Å². The van der Waals surface area contributed by atoms with Gasteiger partial charge in [-0.3, -0.25) is 0 Å². The number of methoxy groups -OCH3 is 1. The van der Waals surface area contributed by atoms with Crippen LogP contribution in [0.4, 0.5) is 4.39 Å². The molecule has 0 radical (unpaired) electrons. The Bertz CT molecular complexity index is 559. The SMILES string of the molecule is COc1cccc(C(N)c2cccc(I)c2)c1F. The normalized spacial score (nSPS) is 12.2. The summed E-state index contributed by atoms with van der Waals surface area (Å²) >= 11 is 2.21. The first-order chi connectivity index (χ1) is 8.63. The van der Waals surface area contributed by atoms with Gasteiger partial charge in [-0.15, -0.1) is 0 Å². The Morgan fingerprint density at radius 2 is 1.94 bits per heavy atom. The number of hydrogen-bond acceptors (Lipinski definition) is 2. The lowest BCUT2D eigenvalue weighted by Gasteiger charge is -2.15. The molecule has 0 aliphatic rings. The summed E-state index contributed by atoms with van der Waals surface area (Å²) in [5, 5.41) is 0. The number of ether oxygens (including phenoxy) is 1. The van der Waals surface area contributed by atoms with Gasteiger partial charge in [0.1, 0.15) is 0 Å². The molecule has 0 aromatic heterocycles. The number of benzene rings is 2. The summed E-state index contributed by atoms with van der Waals surface area (Å²) in [6.07, 6.45) is 0. The monoisotopic (exact) mass is 357 g/mol. The van der Waals surface area contributed by atoms with Gasteiger partial charge < -0.3 is 10.5 Å². The molecule has 1 unspecified atom stereocenters. The second-order valence-corrected chi connectivity index (χ2v) is 5.14. The summed E-state index contributed by atoms with van der Waals surface area (Å²) in [6.45, 7) is 0. The molecule has 18 heavy (non-hydrogen) atoms. The molecule has 0 spiro atoms. The highest BCUT2D eigenvalue weighted by atomic mass is 127. The number of rotatable bonds is 3. The van der Waals surface area contributed by atoms with Crippen LogP contribution in [0.15, 0.2) is 42.5 Å². The van der Waals surface area contributed by atoms with Gasteiger partial charge in [-0.25, -0.2) is 4.39 Å². The fourth-order valence-electron chi connectivity index (χ4n) is 1.81. The quantitative estimate of drug-likeness (QED) is 0.854. The van der Waals surface area contributed by atoms with Crippen molar-refractivity contribution in [2.45, 2.75) is 6.04 Å². The molecule has 0 fully saturated rings. The van der Waals surface area contributed by atoms with E-state index in [0.29, 0.717) is 5.56 Å². The van der Waals surface area contributed by atoms with Crippen molar-refractivity contribution in [2.24, 2.45) is 5.73 Å². The average molecular weight is 357 g/mol. The van der Waals surface area contributed by atoms with Crippen LogP contribution in [0.3, 0.4) is 0 Å². The Balaban J connectivity index is 2.43. The van der Waals surface area contributed by atoms with Crippen LogP contribution >= 0.6 is 22.6 Å². The molecule has 0 bridgehead atoms. The zero-order valence-corrected chi connectivity index (χ0v) is 12.0. The molecule has 0 amide bonds. The van der Waals surface area contributed by atoms with Crippen molar-refractivity contribution >= 4 is 22.6 Å². The summed E-state index contributed by atoms with van der Waals surface area (Å²) in [4.78, 5) is 0. The second-order valence-electron chi connectivity index (χ2n) is 3.90. The van der Waals surface area contributed by atoms with Crippen molar-refractivity contribution < 1.29 is 9.13 Å². The van der Waals surface area contributed by atoms with Gasteiger partial charge in [-0.1, -0.05) is 24.3 Å². The molecule has 2 aromatic carbocycles. The third kappa shape index (κ3) is 2.64. The standard InChI is InChI=1S/C14H13FINO/c1-18-12-7-3-6-11(13(12)15)14(17)9-4-2-5-10(16)8-9/h2-8,14H,17H2,1H3. The van der Waals surface area contributed by atoms with E-state index < -0.39 is 11.9 Å². The molecule has 0 aliphatic heterocycles. The molecule has 0 saturated carbocycles. The Morgan fingerprint density at radius 1 is 1.22 bits per heavy atom. The Hall–Kier alpha value is -1.14. The van der Waals surface area contributed by atoms with Crippen LogP contribution in [-0.2, 0) is 0 Å². The molecule has 4 heteroatoms.